The van der Waals surface area contributed by atoms with Crippen molar-refractivity contribution in [1.29, 1.82) is 5.26 Å². The average Bonchev–Trinajstić information content (AvgIpc) is 2.38. The van der Waals surface area contributed by atoms with Gasteiger partial charge in [-0.1, -0.05) is 19.3 Å². The first-order valence-electron chi connectivity index (χ1n) is 5.84. The van der Waals surface area contributed by atoms with Crippen LogP contribution in [0.1, 0.15) is 49.4 Å². The summed E-state index contributed by atoms with van der Waals surface area (Å²) in [6.45, 7) is 0. The van der Waals surface area contributed by atoms with Crippen molar-refractivity contribution in [2.24, 2.45) is 0 Å². The van der Waals surface area contributed by atoms with E-state index in [-0.39, 0.29) is 11.1 Å². The molecule has 0 aliphatic heterocycles. The van der Waals surface area contributed by atoms with Crippen molar-refractivity contribution >= 4 is 11.8 Å². The summed E-state index contributed by atoms with van der Waals surface area (Å²) in [6.07, 6.45) is 7.68. The molecule has 1 fully saturated rings. The Morgan fingerprint density at radius 1 is 1.41 bits per heavy atom. The molecule has 5 heteroatoms. The van der Waals surface area contributed by atoms with E-state index in [1.165, 1.54) is 31.0 Å². The molecule has 0 saturated heterocycles. The van der Waals surface area contributed by atoms with Crippen LogP contribution in [0, 0.1) is 11.3 Å². The molecule has 0 unspecified atom stereocenters. The van der Waals surface area contributed by atoms with Gasteiger partial charge in [0, 0.05) is 5.92 Å². The molecule has 1 aromatic rings. The van der Waals surface area contributed by atoms with Crippen LogP contribution in [0.4, 0.5) is 0 Å². The molecule has 1 saturated carbocycles. The van der Waals surface area contributed by atoms with E-state index in [4.69, 9.17) is 5.26 Å². The average molecular weight is 249 g/mol. The highest BCUT2D eigenvalue weighted by Gasteiger charge is 2.20. The molecule has 0 bridgehead atoms. The quantitative estimate of drug-likeness (QED) is 0.645. The molecule has 0 radical (unpaired) electrons. The van der Waals surface area contributed by atoms with Crippen molar-refractivity contribution in [2.45, 2.75) is 43.0 Å². The monoisotopic (exact) mass is 249 g/mol. The van der Waals surface area contributed by atoms with Crippen LogP contribution < -0.4 is 5.56 Å². The van der Waals surface area contributed by atoms with Gasteiger partial charge < -0.3 is 4.98 Å². The highest BCUT2D eigenvalue weighted by atomic mass is 32.2. The lowest BCUT2D eigenvalue weighted by atomic mass is 9.89. The van der Waals surface area contributed by atoms with Gasteiger partial charge in [-0.05, 0) is 19.1 Å². The van der Waals surface area contributed by atoms with E-state index in [9.17, 15) is 4.79 Å². The minimum Gasteiger partial charge on any atom is -0.309 e. The van der Waals surface area contributed by atoms with Gasteiger partial charge in [0.25, 0.3) is 5.56 Å². The molecule has 1 aliphatic carbocycles. The number of hydrogen-bond donors (Lipinski definition) is 1. The van der Waals surface area contributed by atoms with Gasteiger partial charge in [0.15, 0.2) is 0 Å². The number of hydrogen-bond acceptors (Lipinski definition) is 4. The van der Waals surface area contributed by atoms with Gasteiger partial charge >= 0.3 is 0 Å². The summed E-state index contributed by atoms with van der Waals surface area (Å²) in [5.41, 5.74) is -0.163. The number of aromatic nitrogens is 2. The van der Waals surface area contributed by atoms with E-state index in [0.29, 0.717) is 10.9 Å². The summed E-state index contributed by atoms with van der Waals surface area (Å²) >= 11 is 1.36. The van der Waals surface area contributed by atoms with Crippen LogP contribution >= 0.6 is 11.8 Å². The van der Waals surface area contributed by atoms with E-state index < -0.39 is 0 Å². The fraction of sp³-hybridized carbons (Fsp3) is 0.583. The van der Waals surface area contributed by atoms with Crippen LogP contribution in [0.2, 0.25) is 0 Å². The van der Waals surface area contributed by atoms with E-state index in [1.807, 2.05) is 12.3 Å². The van der Waals surface area contributed by atoms with E-state index in [2.05, 4.69) is 9.97 Å². The van der Waals surface area contributed by atoms with Gasteiger partial charge in [0.2, 0.25) is 0 Å². The smallest absolute Gasteiger partial charge is 0.270 e. The topological polar surface area (TPSA) is 69.5 Å². The van der Waals surface area contributed by atoms with E-state index >= 15 is 0 Å². The van der Waals surface area contributed by atoms with Crippen molar-refractivity contribution in [3.05, 3.63) is 21.7 Å². The van der Waals surface area contributed by atoms with Crippen molar-refractivity contribution in [2.75, 3.05) is 6.26 Å². The van der Waals surface area contributed by atoms with E-state index in [0.717, 1.165) is 18.7 Å². The van der Waals surface area contributed by atoms with Crippen molar-refractivity contribution < 1.29 is 0 Å². The first kappa shape index (κ1) is 12.2. The standard InChI is InChI=1S/C12H15N3OS/c1-17-12-9(7-13)11(16)14-10(15-12)8-5-3-2-4-6-8/h8H,2-6H2,1H3,(H,14,15,16). The Balaban J connectivity index is 2.39. The zero-order valence-electron chi connectivity index (χ0n) is 9.82. The molecular weight excluding hydrogens is 234 g/mol. The normalized spacial score (nSPS) is 16.7. The number of thioether (sulfide) groups is 1. The summed E-state index contributed by atoms with van der Waals surface area (Å²) in [5, 5.41) is 9.46. The largest absolute Gasteiger partial charge is 0.309 e. The first-order valence-corrected chi connectivity index (χ1v) is 7.07. The highest BCUT2D eigenvalue weighted by molar-refractivity contribution is 7.98. The Kier molecular flexibility index (Phi) is 3.85. The fourth-order valence-corrected chi connectivity index (χ4v) is 2.82. The highest BCUT2D eigenvalue weighted by Crippen LogP contribution is 2.30. The number of rotatable bonds is 2. The molecule has 0 spiro atoms. The second-order valence-corrected chi connectivity index (χ2v) is 5.08. The third kappa shape index (κ3) is 2.52. The molecule has 1 aromatic heterocycles. The lowest BCUT2D eigenvalue weighted by Crippen LogP contribution is -2.19. The number of nitriles is 1. The zero-order chi connectivity index (χ0) is 12.3. The minimum atomic E-state index is -0.299. The number of nitrogens with zero attached hydrogens (tertiary/aromatic N) is 2. The third-order valence-electron chi connectivity index (χ3n) is 3.20. The van der Waals surface area contributed by atoms with Crippen LogP contribution in [0.25, 0.3) is 0 Å². The SMILES string of the molecule is CSc1nc(C2CCCCC2)[nH]c(=O)c1C#N. The molecule has 1 N–H and O–H groups in total. The van der Waals surface area contributed by atoms with Crippen LogP contribution in [-0.2, 0) is 0 Å². The Hall–Kier alpha value is -1.28. The summed E-state index contributed by atoms with van der Waals surface area (Å²) in [7, 11) is 0. The Morgan fingerprint density at radius 3 is 2.71 bits per heavy atom. The Labute approximate surface area is 104 Å². The molecule has 0 aromatic carbocycles. The molecule has 0 amide bonds. The summed E-state index contributed by atoms with van der Waals surface area (Å²) in [4.78, 5) is 19.0. The maximum atomic E-state index is 11.8. The predicted octanol–water partition coefficient (Wildman–Crippen LogP) is 2.41. The summed E-state index contributed by atoms with van der Waals surface area (Å²) in [5.74, 6) is 1.12. The van der Waals surface area contributed by atoms with Gasteiger partial charge in [-0.2, -0.15) is 5.26 Å². The second kappa shape index (κ2) is 5.37. The number of aromatic amines is 1. The Bertz CT molecular complexity index is 497. The van der Waals surface area contributed by atoms with Gasteiger partial charge in [0.05, 0.1) is 0 Å². The molecular formula is C12H15N3OS. The minimum absolute atomic E-state index is 0.136. The van der Waals surface area contributed by atoms with Crippen molar-refractivity contribution in [3.63, 3.8) is 0 Å². The molecule has 0 atom stereocenters. The van der Waals surface area contributed by atoms with E-state index in [1.54, 1.807) is 0 Å². The number of H-pyrrole nitrogens is 1. The van der Waals surface area contributed by atoms with Crippen molar-refractivity contribution in [1.82, 2.24) is 9.97 Å². The summed E-state index contributed by atoms with van der Waals surface area (Å²) < 4.78 is 0. The lowest BCUT2D eigenvalue weighted by molar-refractivity contribution is 0.425. The third-order valence-corrected chi connectivity index (χ3v) is 3.88. The molecule has 4 nitrogen and oxygen atoms in total. The Morgan fingerprint density at radius 2 is 2.12 bits per heavy atom. The summed E-state index contributed by atoms with van der Waals surface area (Å²) in [6, 6.07) is 1.92. The maximum Gasteiger partial charge on any atom is 0.270 e. The first-order chi connectivity index (χ1) is 8.26. The van der Waals surface area contributed by atoms with Gasteiger partial charge in [-0.3, -0.25) is 4.79 Å². The van der Waals surface area contributed by atoms with Crippen LogP contribution in [-0.4, -0.2) is 16.2 Å². The van der Waals surface area contributed by atoms with Gasteiger partial charge in [-0.15, -0.1) is 11.8 Å². The van der Waals surface area contributed by atoms with Gasteiger partial charge in [-0.25, -0.2) is 4.98 Å². The lowest BCUT2D eigenvalue weighted by Gasteiger charge is -2.20. The van der Waals surface area contributed by atoms with Crippen molar-refractivity contribution in [3.8, 4) is 6.07 Å². The molecule has 1 aliphatic rings. The second-order valence-electron chi connectivity index (χ2n) is 4.28. The molecule has 2 rings (SSSR count). The molecule has 1 heterocycles. The molecule has 17 heavy (non-hydrogen) atoms. The molecule has 90 valence electrons. The maximum absolute atomic E-state index is 11.8. The zero-order valence-corrected chi connectivity index (χ0v) is 10.6. The van der Waals surface area contributed by atoms with Gasteiger partial charge in [0.1, 0.15) is 22.5 Å². The van der Waals surface area contributed by atoms with Crippen LogP contribution in [0.15, 0.2) is 9.82 Å². The van der Waals surface area contributed by atoms with Crippen LogP contribution in [0.3, 0.4) is 0 Å². The van der Waals surface area contributed by atoms with Crippen LogP contribution in [0.5, 0.6) is 0 Å². The fourth-order valence-electron chi connectivity index (χ4n) is 2.28. The number of nitrogens with one attached hydrogen (secondary N) is 1. The predicted molar refractivity (Wildman–Crippen MR) is 67.2 cm³/mol.